The van der Waals surface area contributed by atoms with E-state index in [1.165, 1.54) is 5.56 Å². The average molecular weight is 322 g/mol. The molecule has 0 atom stereocenters. The maximum Gasteiger partial charge on any atom is 0.331 e. The summed E-state index contributed by atoms with van der Waals surface area (Å²) in [6.07, 6.45) is 1.61. The maximum atomic E-state index is 11.0. The first-order valence-electron chi connectivity index (χ1n) is 7.58. The van der Waals surface area contributed by atoms with E-state index < -0.39 is 5.97 Å². The van der Waals surface area contributed by atoms with Crippen molar-refractivity contribution in [2.24, 2.45) is 0 Å². The second-order valence-electron chi connectivity index (χ2n) is 5.75. The van der Waals surface area contributed by atoms with Gasteiger partial charge >= 0.3 is 5.97 Å². The number of carboxylic acid groups (broad SMARTS) is 1. The fourth-order valence-electron chi connectivity index (χ4n) is 2.55. The van der Waals surface area contributed by atoms with E-state index in [9.17, 15) is 4.79 Å². The Morgan fingerprint density at radius 1 is 1.17 bits per heavy atom. The Morgan fingerprint density at radius 2 is 1.88 bits per heavy atom. The van der Waals surface area contributed by atoms with Gasteiger partial charge in [0.25, 0.3) is 0 Å². The predicted octanol–water partition coefficient (Wildman–Crippen LogP) is 4.90. The molecule has 1 N–H and O–H groups in total. The van der Waals surface area contributed by atoms with Gasteiger partial charge < -0.3 is 14.3 Å². The molecule has 1 heterocycles. The van der Waals surface area contributed by atoms with Crippen LogP contribution >= 0.6 is 0 Å². The lowest BCUT2D eigenvalue weighted by Gasteiger charge is -2.03. The molecule has 0 saturated carbocycles. The van der Waals surface area contributed by atoms with E-state index >= 15 is 0 Å². The highest BCUT2D eigenvalue weighted by atomic mass is 16.5. The highest BCUT2D eigenvalue weighted by molar-refractivity contribution is 5.94. The minimum Gasteiger partial charge on any atom is -0.493 e. The molecule has 1 aromatic heterocycles. The molecule has 0 fully saturated rings. The molecule has 2 aromatic carbocycles. The summed E-state index contributed by atoms with van der Waals surface area (Å²) in [6.45, 7) is 3.60. The predicted molar refractivity (Wildman–Crippen MR) is 94.2 cm³/mol. The Hall–Kier alpha value is -3.01. The van der Waals surface area contributed by atoms with Crippen molar-refractivity contribution < 1.29 is 19.1 Å². The number of hydrogen-bond donors (Lipinski definition) is 1. The Labute approximate surface area is 140 Å². The highest BCUT2D eigenvalue weighted by Crippen LogP contribution is 2.35. The van der Waals surface area contributed by atoms with Crippen molar-refractivity contribution in [3.8, 4) is 17.1 Å². The molecule has 4 nitrogen and oxygen atoms in total. The van der Waals surface area contributed by atoms with Gasteiger partial charge in [-0.2, -0.15) is 0 Å². The number of furan rings is 1. The number of aryl methyl sites for hydroxylation is 1. The number of carbonyl (C=O) groups is 1. The molecule has 122 valence electrons. The second kappa shape index (κ2) is 6.24. The Kier molecular flexibility index (Phi) is 4.13. The number of methoxy groups -OCH3 is 1. The Bertz CT molecular complexity index is 930. The molecule has 24 heavy (non-hydrogen) atoms. The van der Waals surface area contributed by atoms with Gasteiger partial charge in [0.05, 0.1) is 7.11 Å². The molecule has 0 aliphatic carbocycles. The third-order valence-electron chi connectivity index (χ3n) is 3.88. The molecule has 0 spiro atoms. The summed E-state index contributed by atoms with van der Waals surface area (Å²) in [4.78, 5) is 11.0. The van der Waals surface area contributed by atoms with Gasteiger partial charge in [-0.25, -0.2) is 4.79 Å². The van der Waals surface area contributed by atoms with Gasteiger partial charge in [0.1, 0.15) is 5.76 Å². The largest absolute Gasteiger partial charge is 0.493 e. The summed E-state index contributed by atoms with van der Waals surface area (Å²) in [5, 5.41) is 9.91. The Balaban J connectivity index is 2.13. The van der Waals surface area contributed by atoms with Crippen molar-refractivity contribution in [2.45, 2.75) is 13.8 Å². The number of fused-ring (bicyclic) bond motifs is 1. The molecule has 0 aliphatic heterocycles. The van der Waals surface area contributed by atoms with E-state index in [2.05, 4.69) is 0 Å². The van der Waals surface area contributed by atoms with Crippen LogP contribution in [-0.2, 0) is 4.79 Å². The number of benzene rings is 2. The summed E-state index contributed by atoms with van der Waals surface area (Å²) in [7, 11) is 1.57. The first-order valence-corrected chi connectivity index (χ1v) is 7.58. The third kappa shape index (κ3) is 3.04. The topological polar surface area (TPSA) is 59.7 Å². The van der Waals surface area contributed by atoms with Crippen molar-refractivity contribution in [2.75, 3.05) is 7.11 Å². The van der Waals surface area contributed by atoms with Crippen LogP contribution in [0.1, 0.15) is 18.1 Å². The van der Waals surface area contributed by atoms with Crippen LogP contribution in [0.3, 0.4) is 0 Å². The van der Waals surface area contributed by atoms with Crippen LogP contribution in [0.15, 0.2) is 52.5 Å². The highest BCUT2D eigenvalue weighted by Gasteiger charge is 2.12. The molecular formula is C20H18O4. The quantitative estimate of drug-likeness (QED) is 0.694. The van der Waals surface area contributed by atoms with Gasteiger partial charge in [0, 0.05) is 16.5 Å². The van der Waals surface area contributed by atoms with E-state index in [0.717, 1.165) is 22.3 Å². The lowest BCUT2D eigenvalue weighted by Crippen LogP contribution is -1.95. The van der Waals surface area contributed by atoms with Crippen LogP contribution in [0.4, 0.5) is 0 Å². The summed E-state index contributed by atoms with van der Waals surface area (Å²) < 4.78 is 11.4. The lowest BCUT2D eigenvalue weighted by molar-refractivity contribution is -0.132. The van der Waals surface area contributed by atoms with Crippen LogP contribution in [0.2, 0.25) is 0 Å². The Morgan fingerprint density at radius 3 is 2.50 bits per heavy atom. The molecule has 0 saturated heterocycles. The molecule has 0 radical (unpaired) electrons. The maximum absolute atomic E-state index is 11.0. The summed E-state index contributed by atoms with van der Waals surface area (Å²) in [5.74, 6) is 0.385. The number of ether oxygens (including phenoxy) is 1. The first-order chi connectivity index (χ1) is 11.5. The SMILES string of the molecule is COc1cc(C=C(C)C(=O)O)cc2cc(-c3ccc(C)cc3)oc12. The van der Waals surface area contributed by atoms with Gasteiger partial charge in [0.15, 0.2) is 11.3 Å². The number of carboxylic acids is 1. The van der Waals surface area contributed by atoms with Gasteiger partial charge in [-0.3, -0.25) is 0 Å². The minimum absolute atomic E-state index is 0.263. The van der Waals surface area contributed by atoms with E-state index in [1.54, 1.807) is 26.2 Å². The summed E-state index contributed by atoms with van der Waals surface area (Å²) in [6, 6.07) is 13.7. The zero-order chi connectivity index (χ0) is 17.3. The lowest BCUT2D eigenvalue weighted by atomic mass is 10.1. The fourth-order valence-corrected chi connectivity index (χ4v) is 2.55. The summed E-state index contributed by atoms with van der Waals surface area (Å²) in [5.41, 5.74) is 3.84. The molecule has 0 bridgehead atoms. The number of aliphatic carboxylic acids is 1. The smallest absolute Gasteiger partial charge is 0.331 e. The van der Waals surface area contributed by atoms with Crippen molar-refractivity contribution in [3.05, 3.63) is 59.2 Å². The van der Waals surface area contributed by atoms with Crippen LogP contribution in [-0.4, -0.2) is 18.2 Å². The zero-order valence-corrected chi connectivity index (χ0v) is 13.8. The molecule has 3 rings (SSSR count). The number of rotatable bonds is 4. The normalized spacial score (nSPS) is 11.7. The molecule has 0 unspecified atom stereocenters. The average Bonchev–Trinajstić information content (AvgIpc) is 2.98. The summed E-state index contributed by atoms with van der Waals surface area (Å²) >= 11 is 0. The minimum atomic E-state index is -0.943. The third-order valence-corrected chi connectivity index (χ3v) is 3.88. The van der Waals surface area contributed by atoms with E-state index in [4.69, 9.17) is 14.3 Å². The van der Waals surface area contributed by atoms with Crippen LogP contribution in [0.5, 0.6) is 5.75 Å². The van der Waals surface area contributed by atoms with Crippen molar-refractivity contribution in [1.29, 1.82) is 0 Å². The second-order valence-corrected chi connectivity index (χ2v) is 5.75. The van der Waals surface area contributed by atoms with E-state index in [1.807, 2.05) is 43.3 Å². The van der Waals surface area contributed by atoms with Gasteiger partial charge in [-0.15, -0.1) is 0 Å². The molecule has 0 aliphatic rings. The fraction of sp³-hybridized carbons (Fsp3) is 0.150. The molecule has 0 amide bonds. The van der Waals surface area contributed by atoms with E-state index in [0.29, 0.717) is 11.3 Å². The zero-order valence-electron chi connectivity index (χ0n) is 13.8. The van der Waals surface area contributed by atoms with Crippen LogP contribution < -0.4 is 4.74 Å². The van der Waals surface area contributed by atoms with Crippen molar-refractivity contribution in [1.82, 2.24) is 0 Å². The monoisotopic (exact) mass is 322 g/mol. The molecule has 4 heteroatoms. The standard InChI is InChI=1S/C20H18O4/c1-12-4-6-15(7-5-12)17-11-16-9-14(8-13(2)20(21)22)10-18(23-3)19(16)24-17/h4-11H,1-3H3,(H,21,22). The van der Waals surface area contributed by atoms with Crippen LogP contribution in [0, 0.1) is 6.92 Å². The van der Waals surface area contributed by atoms with Crippen LogP contribution in [0.25, 0.3) is 28.4 Å². The number of hydrogen-bond acceptors (Lipinski definition) is 3. The molecular weight excluding hydrogens is 304 g/mol. The van der Waals surface area contributed by atoms with E-state index in [-0.39, 0.29) is 5.57 Å². The molecule has 3 aromatic rings. The van der Waals surface area contributed by atoms with Gasteiger partial charge in [-0.05, 0) is 43.7 Å². The first kappa shape index (κ1) is 15.9. The van der Waals surface area contributed by atoms with Crippen molar-refractivity contribution in [3.63, 3.8) is 0 Å². The van der Waals surface area contributed by atoms with Crippen molar-refractivity contribution >= 4 is 23.0 Å². The van der Waals surface area contributed by atoms with Gasteiger partial charge in [0.2, 0.25) is 0 Å². The van der Waals surface area contributed by atoms with Gasteiger partial charge in [-0.1, -0.05) is 29.8 Å².